The van der Waals surface area contributed by atoms with Gasteiger partial charge in [0.15, 0.2) is 0 Å². The molecule has 2 heterocycles. The number of carbonyl (C=O) groups is 1. The molecule has 0 aliphatic carbocycles. The number of carbonyl (C=O) groups excluding carboxylic acids is 1. The monoisotopic (exact) mass is 219 g/mol. The Bertz CT molecular complexity index is 522. The van der Waals surface area contributed by atoms with Gasteiger partial charge in [-0.25, -0.2) is 9.78 Å². The van der Waals surface area contributed by atoms with Gasteiger partial charge in [0, 0.05) is 6.20 Å². The number of nitrogens with zero attached hydrogens (tertiary/aromatic N) is 1. The molecule has 16 heavy (non-hydrogen) atoms. The van der Waals surface area contributed by atoms with Gasteiger partial charge in [0.2, 0.25) is 5.71 Å². The number of hydrogen-bond donors (Lipinski definition) is 0. The van der Waals surface area contributed by atoms with Crippen molar-refractivity contribution in [1.82, 2.24) is 4.98 Å². The molecule has 0 bridgehead atoms. The molecule has 0 saturated heterocycles. The molecule has 0 saturated carbocycles. The van der Waals surface area contributed by atoms with Gasteiger partial charge in [-0.1, -0.05) is 0 Å². The quantitative estimate of drug-likeness (QED) is 0.692. The fourth-order valence-electron chi connectivity index (χ4n) is 1.39. The van der Waals surface area contributed by atoms with Crippen LogP contribution >= 0.6 is 0 Å². The molecule has 0 aliphatic heterocycles. The Labute approximate surface area is 93.2 Å². The molecule has 0 atom stereocenters. The number of furan rings is 1. The van der Waals surface area contributed by atoms with E-state index in [-0.39, 0.29) is 5.97 Å². The molecular weight excluding hydrogens is 206 g/mol. The summed E-state index contributed by atoms with van der Waals surface area (Å²) in [7, 11) is 0. The van der Waals surface area contributed by atoms with E-state index < -0.39 is 5.60 Å². The lowest BCUT2D eigenvalue weighted by atomic mass is 10.1. The van der Waals surface area contributed by atoms with Crippen LogP contribution in [-0.4, -0.2) is 16.6 Å². The summed E-state index contributed by atoms with van der Waals surface area (Å²) in [5.41, 5.74) is 0.424. The summed E-state index contributed by atoms with van der Waals surface area (Å²) in [5.74, 6) is -0.360. The molecule has 4 heteroatoms. The largest absolute Gasteiger partial charge is 0.456 e. The second kappa shape index (κ2) is 3.63. The van der Waals surface area contributed by atoms with Gasteiger partial charge in [-0.15, -0.1) is 0 Å². The van der Waals surface area contributed by atoms with Gasteiger partial charge in [0.25, 0.3) is 0 Å². The molecule has 0 aliphatic rings. The number of aromatic nitrogens is 1. The van der Waals surface area contributed by atoms with Crippen molar-refractivity contribution in [2.24, 2.45) is 0 Å². The Kier molecular flexibility index (Phi) is 2.42. The van der Waals surface area contributed by atoms with Crippen LogP contribution in [-0.2, 0) is 4.74 Å². The first-order valence-corrected chi connectivity index (χ1v) is 5.03. The van der Waals surface area contributed by atoms with E-state index in [1.807, 2.05) is 20.8 Å². The average molecular weight is 219 g/mol. The average Bonchev–Trinajstić information content (AvgIpc) is 2.61. The van der Waals surface area contributed by atoms with Crippen LogP contribution in [0, 0.1) is 0 Å². The second-order valence-electron chi connectivity index (χ2n) is 4.50. The number of fused-ring (bicyclic) bond motifs is 1. The predicted octanol–water partition coefficient (Wildman–Crippen LogP) is 2.78. The van der Waals surface area contributed by atoms with Crippen LogP contribution in [0.3, 0.4) is 0 Å². The lowest BCUT2D eigenvalue weighted by Crippen LogP contribution is -2.24. The lowest BCUT2D eigenvalue weighted by Gasteiger charge is -2.19. The van der Waals surface area contributed by atoms with E-state index in [0.29, 0.717) is 16.7 Å². The number of ether oxygens (including phenoxy) is 1. The molecule has 0 spiro atoms. The molecule has 0 unspecified atom stereocenters. The lowest BCUT2D eigenvalue weighted by molar-refractivity contribution is 0.00717. The van der Waals surface area contributed by atoms with Gasteiger partial charge in [-0.05, 0) is 32.9 Å². The van der Waals surface area contributed by atoms with Gasteiger partial charge in [0.1, 0.15) is 5.60 Å². The number of pyridine rings is 1. The molecule has 2 rings (SSSR count). The predicted molar refractivity (Wildman–Crippen MR) is 59.2 cm³/mol. The van der Waals surface area contributed by atoms with Gasteiger partial charge < -0.3 is 9.15 Å². The fourth-order valence-corrected chi connectivity index (χ4v) is 1.39. The molecule has 2 aromatic rings. The van der Waals surface area contributed by atoms with Crippen molar-refractivity contribution in [2.45, 2.75) is 26.4 Å². The Hall–Kier alpha value is -1.84. The van der Waals surface area contributed by atoms with Crippen molar-refractivity contribution in [2.75, 3.05) is 0 Å². The molecule has 2 aromatic heterocycles. The van der Waals surface area contributed by atoms with E-state index in [9.17, 15) is 4.79 Å². The third kappa shape index (κ3) is 2.05. The van der Waals surface area contributed by atoms with Crippen LogP contribution in [0.1, 0.15) is 31.1 Å². The molecule has 0 aromatic carbocycles. The maximum Gasteiger partial charge on any atom is 0.339 e. The Morgan fingerprint density at radius 2 is 2.12 bits per heavy atom. The van der Waals surface area contributed by atoms with E-state index in [0.717, 1.165) is 0 Å². The SMILES string of the molecule is CC(C)(C)OC(=O)c1ccnc2occc12. The normalized spacial score (nSPS) is 11.7. The third-order valence-corrected chi connectivity index (χ3v) is 1.99. The maximum absolute atomic E-state index is 11.9. The molecule has 0 N–H and O–H groups in total. The molecule has 84 valence electrons. The second-order valence-corrected chi connectivity index (χ2v) is 4.50. The van der Waals surface area contributed by atoms with Crippen molar-refractivity contribution in [3.63, 3.8) is 0 Å². The topological polar surface area (TPSA) is 52.3 Å². The van der Waals surface area contributed by atoms with E-state index in [1.165, 1.54) is 12.5 Å². The van der Waals surface area contributed by atoms with Gasteiger partial charge in [-0.2, -0.15) is 0 Å². The van der Waals surface area contributed by atoms with Crippen molar-refractivity contribution < 1.29 is 13.9 Å². The van der Waals surface area contributed by atoms with Gasteiger partial charge in [-0.3, -0.25) is 0 Å². The summed E-state index contributed by atoms with van der Waals surface area (Å²) in [4.78, 5) is 15.9. The highest BCUT2D eigenvalue weighted by Crippen LogP contribution is 2.20. The summed E-state index contributed by atoms with van der Waals surface area (Å²) in [5, 5.41) is 0.678. The first-order chi connectivity index (χ1) is 7.47. The Balaban J connectivity index is 2.40. The first-order valence-electron chi connectivity index (χ1n) is 5.03. The van der Waals surface area contributed by atoms with Crippen molar-refractivity contribution in [3.05, 3.63) is 30.2 Å². The van der Waals surface area contributed by atoms with Crippen molar-refractivity contribution in [1.29, 1.82) is 0 Å². The Morgan fingerprint density at radius 1 is 1.38 bits per heavy atom. The zero-order valence-corrected chi connectivity index (χ0v) is 9.48. The smallest absolute Gasteiger partial charge is 0.339 e. The minimum atomic E-state index is -0.504. The number of esters is 1. The summed E-state index contributed by atoms with van der Waals surface area (Å²) < 4.78 is 10.4. The van der Waals surface area contributed by atoms with E-state index in [2.05, 4.69) is 4.98 Å². The highest BCUT2D eigenvalue weighted by atomic mass is 16.6. The molecule has 0 radical (unpaired) electrons. The molecule has 0 fully saturated rings. The summed E-state index contributed by atoms with van der Waals surface area (Å²) >= 11 is 0. The molecular formula is C12H13NO3. The highest BCUT2D eigenvalue weighted by Gasteiger charge is 2.20. The number of hydrogen-bond acceptors (Lipinski definition) is 4. The van der Waals surface area contributed by atoms with Crippen LogP contribution in [0.25, 0.3) is 11.1 Å². The van der Waals surface area contributed by atoms with E-state index >= 15 is 0 Å². The van der Waals surface area contributed by atoms with Gasteiger partial charge >= 0.3 is 5.97 Å². The van der Waals surface area contributed by atoms with Crippen LogP contribution < -0.4 is 0 Å². The third-order valence-electron chi connectivity index (χ3n) is 1.99. The van der Waals surface area contributed by atoms with Crippen molar-refractivity contribution in [3.8, 4) is 0 Å². The van der Waals surface area contributed by atoms with E-state index in [1.54, 1.807) is 12.1 Å². The minimum absolute atomic E-state index is 0.360. The van der Waals surface area contributed by atoms with Crippen LogP contribution in [0.5, 0.6) is 0 Å². The summed E-state index contributed by atoms with van der Waals surface area (Å²) in [6.07, 6.45) is 3.04. The Morgan fingerprint density at radius 3 is 2.81 bits per heavy atom. The van der Waals surface area contributed by atoms with E-state index in [4.69, 9.17) is 9.15 Å². The molecule has 0 amide bonds. The zero-order chi connectivity index (χ0) is 11.8. The zero-order valence-electron chi connectivity index (χ0n) is 9.48. The summed E-state index contributed by atoms with van der Waals surface area (Å²) in [6.45, 7) is 5.50. The standard InChI is InChI=1S/C12H13NO3/c1-12(2,3)16-11(14)9-4-6-13-10-8(9)5-7-15-10/h4-7H,1-3H3. The molecule has 4 nitrogen and oxygen atoms in total. The minimum Gasteiger partial charge on any atom is -0.456 e. The number of rotatable bonds is 1. The maximum atomic E-state index is 11.9. The summed E-state index contributed by atoms with van der Waals surface area (Å²) in [6, 6.07) is 3.34. The van der Waals surface area contributed by atoms with Crippen LogP contribution in [0.2, 0.25) is 0 Å². The van der Waals surface area contributed by atoms with Crippen LogP contribution in [0.15, 0.2) is 29.0 Å². The highest BCUT2D eigenvalue weighted by molar-refractivity contribution is 6.02. The first kappa shape index (κ1) is 10.7. The van der Waals surface area contributed by atoms with Gasteiger partial charge in [0.05, 0.1) is 17.2 Å². The van der Waals surface area contributed by atoms with Crippen LogP contribution in [0.4, 0.5) is 0 Å². The fraction of sp³-hybridized carbons (Fsp3) is 0.333. The van der Waals surface area contributed by atoms with Crippen molar-refractivity contribution >= 4 is 17.1 Å².